The van der Waals surface area contributed by atoms with Gasteiger partial charge >= 0.3 is 11.9 Å². The molecule has 0 aliphatic carbocycles. The summed E-state index contributed by atoms with van der Waals surface area (Å²) < 4.78 is 12.7. The third kappa shape index (κ3) is 10.9. The molecule has 12 nitrogen and oxygen atoms in total. The molecule has 4 N–H and O–H groups in total. The lowest BCUT2D eigenvalue weighted by Crippen LogP contribution is -2.48. The van der Waals surface area contributed by atoms with Crippen molar-refractivity contribution in [2.75, 3.05) is 52.5 Å². The summed E-state index contributed by atoms with van der Waals surface area (Å²) in [4.78, 5) is 44.5. The van der Waals surface area contributed by atoms with Crippen LogP contribution in [0.25, 0.3) is 0 Å². The van der Waals surface area contributed by atoms with Gasteiger partial charge in [0.15, 0.2) is 0 Å². The molecule has 3 atom stereocenters. The maximum Gasteiger partial charge on any atom is 0.326 e. The fourth-order valence-corrected chi connectivity index (χ4v) is 5.41. The minimum Gasteiger partial charge on any atom is -0.480 e. The molecule has 3 aromatic rings. The van der Waals surface area contributed by atoms with Gasteiger partial charge in [-0.25, -0.2) is 9.78 Å². The van der Waals surface area contributed by atoms with E-state index in [2.05, 4.69) is 56.5 Å². The van der Waals surface area contributed by atoms with Gasteiger partial charge in [0.25, 0.3) is 0 Å². The van der Waals surface area contributed by atoms with Crippen LogP contribution in [-0.2, 0) is 36.8 Å². The van der Waals surface area contributed by atoms with Crippen LogP contribution in [0.1, 0.15) is 36.2 Å². The van der Waals surface area contributed by atoms with E-state index in [0.29, 0.717) is 25.5 Å². The summed E-state index contributed by atoms with van der Waals surface area (Å²) >= 11 is 6.15. The van der Waals surface area contributed by atoms with Crippen molar-refractivity contribution in [1.29, 1.82) is 0 Å². The first-order chi connectivity index (χ1) is 22.2. The second-order valence-corrected chi connectivity index (χ2v) is 11.8. The van der Waals surface area contributed by atoms with Crippen molar-refractivity contribution < 1.29 is 29.0 Å². The number of nitrogens with two attached hydrogens (primary N) is 1. The van der Waals surface area contributed by atoms with Crippen molar-refractivity contribution in [3.8, 4) is 0 Å². The molecule has 3 unspecified atom stereocenters. The van der Waals surface area contributed by atoms with E-state index in [0.717, 1.165) is 37.7 Å². The van der Waals surface area contributed by atoms with E-state index >= 15 is 0 Å². The average Bonchev–Trinajstić information content (AvgIpc) is 3.50. The predicted molar refractivity (Wildman–Crippen MR) is 173 cm³/mol. The molecule has 0 bridgehead atoms. The summed E-state index contributed by atoms with van der Waals surface area (Å²) in [6, 6.07) is 16.9. The van der Waals surface area contributed by atoms with E-state index in [9.17, 15) is 19.5 Å². The number of imidazole rings is 1. The SMILES string of the molecule is CC(N)C(=O)NC(Cc1cn(CCC(=O)OCCOCCN2CCN(C(c3ccccc3)c3ccc(Cl)cc3)CC2)cn1)C(=O)O. The third-order valence-electron chi connectivity index (χ3n) is 7.82. The first kappa shape index (κ1) is 35.1. The van der Waals surface area contributed by atoms with Crippen LogP contribution >= 0.6 is 11.6 Å². The Balaban J connectivity index is 1.10. The fraction of sp³-hybridized carbons (Fsp3) is 0.455. The molecule has 46 heavy (non-hydrogen) atoms. The van der Waals surface area contributed by atoms with Crippen molar-refractivity contribution >= 4 is 29.4 Å². The second-order valence-electron chi connectivity index (χ2n) is 11.3. The van der Waals surface area contributed by atoms with Gasteiger partial charge in [0.2, 0.25) is 5.91 Å². The summed E-state index contributed by atoms with van der Waals surface area (Å²) in [6.45, 7) is 7.38. The number of halogens is 1. The van der Waals surface area contributed by atoms with Crippen LogP contribution in [0.4, 0.5) is 0 Å². The van der Waals surface area contributed by atoms with Gasteiger partial charge in [-0.3, -0.25) is 19.4 Å². The molecule has 0 saturated carbocycles. The molecule has 0 radical (unpaired) electrons. The molecule has 2 aromatic carbocycles. The fourth-order valence-electron chi connectivity index (χ4n) is 5.29. The topological polar surface area (TPSA) is 152 Å². The molecule has 2 heterocycles. The number of amides is 1. The lowest BCUT2D eigenvalue weighted by molar-refractivity contribution is -0.145. The number of aromatic nitrogens is 2. The number of nitrogens with one attached hydrogen (secondary N) is 1. The maximum atomic E-state index is 12.2. The van der Waals surface area contributed by atoms with E-state index in [1.54, 1.807) is 10.8 Å². The van der Waals surface area contributed by atoms with Crippen LogP contribution in [-0.4, -0.2) is 107 Å². The van der Waals surface area contributed by atoms with Crippen LogP contribution in [0.15, 0.2) is 67.1 Å². The molecular weight excluding hydrogens is 612 g/mol. The van der Waals surface area contributed by atoms with Crippen LogP contribution in [0.2, 0.25) is 5.02 Å². The predicted octanol–water partition coefficient (Wildman–Crippen LogP) is 2.35. The number of carboxylic acids is 1. The first-order valence-electron chi connectivity index (χ1n) is 15.5. The zero-order chi connectivity index (χ0) is 32.9. The largest absolute Gasteiger partial charge is 0.480 e. The van der Waals surface area contributed by atoms with Crippen LogP contribution < -0.4 is 11.1 Å². The zero-order valence-corrected chi connectivity index (χ0v) is 26.8. The number of esters is 1. The number of ether oxygens (including phenoxy) is 2. The minimum absolute atomic E-state index is 0.00409. The highest BCUT2D eigenvalue weighted by molar-refractivity contribution is 6.30. The number of hydrogen-bond donors (Lipinski definition) is 3. The number of piperazine rings is 1. The smallest absolute Gasteiger partial charge is 0.326 e. The normalized spacial score (nSPS) is 16.0. The van der Waals surface area contributed by atoms with Crippen molar-refractivity contribution in [2.24, 2.45) is 5.73 Å². The quantitative estimate of drug-likeness (QED) is 0.146. The van der Waals surface area contributed by atoms with Gasteiger partial charge < -0.3 is 30.2 Å². The number of rotatable bonds is 17. The highest BCUT2D eigenvalue weighted by Gasteiger charge is 2.26. The van der Waals surface area contributed by atoms with E-state index in [-0.39, 0.29) is 31.5 Å². The van der Waals surface area contributed by atoms with Gasteiger partial charge in [-0.1, -0.05) is 54.1 Å². The maximum absolute atomic E-state index is 12.2. The Morgan fingerprint density at radius 1 is 0.978 bits per heavy atom. The minimum atomic E-state index is -1.18. The lowest BCUT2D eigenvalue weighted by Gasteiger charge is -2.39. The van der Waals surface area contributed by atoms with Crippen molar-refractivity contribution in [3.63, 3.8) is 0 Å². The molecule has 13 heteroatoms. The van der Waals surface area contributed by atoms with E-state index in [1.807, 2.05) is 18.2 Å². The molecule has 1 amide bonds. The lowest BCUT2D eigenvalue weighted by atomic mass is 9.96. The molecule has 1 aliphatic rings. The number of aryl methyl sites for hydroxylation is 1. The molecule has 0 spiro atoms. The van der Waals surface area contributed by atoms with Crippen LogP contribution in [0.3, 0.4) is 0 Å². The van der Waals surface area contributed by atoms with Gasteiger partial charge in [0, 0.05) is 56.9 Å². The number of benzene rings is 2. The molecule has 1 saturated heterocycles. The van der Waals surface area contributed by atoms with Gasteiger partial charge in [-0.15, -0.1) is 0 Å². The van der Waals surface area contributed by atoms with Crippen molar-refractivity contribution in [2.45, 2.75) is 44.4 Å². The third-order valence-corrected chi connectivity index (χ3v) is 8.07. The second kappa shape index (κ2) is 17.8. The van der Waals surface area contributed by atoms with Crippen LogP contribution in [0.5, 0.6) is 0 Å². The number of carbonyl (C=O) groups is 3. The summed E-state index contributed by atoms with van der Waals surface area (Å²) in [5, 5.41) is 12.5. The number of aliphatic carboxylic acids is 1. The van der Waals surface area contributed by atoms with Gasteiger partial charge in [-0.2, -0.15) is 0 Å². The van der Waals surface area contributed by atoms with Crippen molar-refractivity contribution in [1.82, 2.24) is 24.7 Å². The Hall–Kier alpha value is -3.81. The highest BCUT2D eigenvalue weighted by atomic mass is 35.5. The molecule has 1 aliphatic heterocycles. The number of carboxylic acid groups (broad SMARTS) is 1. The highest BCUT2D eigenvalue weighted by Crippen LogP contribution is 2.30. The van der Waals surface area contributed by atoms with Gasteiger partial charge in [0.05, 0.1) is 43.7 Å². The van der Waals surface area contributed by atoms with E-state index in [4.69, 9.17) is 26.8 Å². The Labute approximate surface area is 274 Å². The Kier molecular flexibility index (Phi) is 13.5. The summed E-state index contributed by atoms with van der Waals surface area (Å²) in [5.41, 5.74) is 8.47. The first-order valence-corrected chi connectivity index (χ1v) is 15.9. The van der Waals surface area contributed by atoms with E-state index in [1.165, 1.54) is 24.4 Å². The van der Waals surface area contributed by atoms with E-state index < -0.39 is 24.0 Å². The van der Waals surface area contributed by atoms with Gasteiger partial charge in [-0.05, 0) is 30.2 Å². The Morgan fingerprint density at radius 2 is 1.67 bits per heavy atom. The number of nitrogens with zero attached hydrogens (tertiary/aromatic N) is 4. The van der Waals surface area contributed by atoms with Crippen molar-refractivity contribution in [3.05, 3.63) is 89.0 Å². The molecule has 1 aromatic heterocycles. The number of carbonyl (C=O) groups excluding carboxylic acids is 2. The Bertz CT molecular complexity index is 1400. The summed E-state index contributed by atoms with van der Waals surface area (Å²) in [5.74, 6) is -2.10. The summed E-state index contributed by atoms with van der Waals surface area (Å²) in [7, 11) is 0. The zero-order valence-electron chi connectivity index (χ0n) is 26.1. The van der Waals surface area contributed by atoms with Gasteiger partial charge in [0.1, 0.15) is 12.6 Å². The monoisotopic (exact) mass is 654 g/mol. The molecular formula is C33H43ClN6O6. The average molecular weight is 655 g/mol. The standard InChI is InChI=1S/C33H43ClN6O6/c1-24(35)32(42)37-29(33(43)44)21-28-22-39(23-36-28)12-11-30(41)46-20-19-45-18-17-38-13-15-40(16-14-38)31(25-5-3-2-4-6-25)26-7-9-27(34)10-8-26/h2-10,22-24,29,31H,11-21,35H2,1H3,(H,37,42)(H,43,44). The molecule has 4 rings (SSSR count). The summed E-state index contributed by atoms with van der Waals surface area (Å²) in [6.07, 6.45) is 3.28. The Morgan fingerprint density at radius 3 is 2.35 bits per heavy atom. The molecule has 248 valence electrons. The number of hydrogen-bond acceptors (Lipinski definition) is 9. The van der Waals surface area contributed by atoms with Crippen LogP contribution in [0, 0.1) is 0 Å². The molecule has 1 fully saturated rings.